The smallest absolute Gasteiger partial charge is 0.235 e. The number of aromatic nitrogens is 2. The fourth-order valence-corrected chi connectivity index (χ4v) is 4.73. The Labute approximate surface area is 189 Å². The predicted octanol–water partition coefficient (Wildman–Crippen LogP) is 5.31. The summed E-state index contributed by atoms with van der Waals surface area (Å²) in [5.74, 6) is 0.224. The van der Waals surface area contributed by atoms with Gasteiger partial charge in [-0.25, -0.2) is 4.68 Å². The fraction of sp³-hybridized carbons (Fsp3) is 0.385. The molecule has 0 saturated carbocycles. The minimum atomic E-state index is -0.400. The minimum Gasteiger partial charge on any atom is -0.310 e. The number of benzene rings is 2. The summed E-state index contributed by atoms with van der Waals surface area (Å²) < 4.78 is 2.85. The lowest BCUT2D eigenvalue weighted by Gasteiger charge is -2.29. The second-order valence-corrected chi connectivity index (χ2v) is 8.75. The van der Waals surface area contributed by atoms with Crippen molar-refractivity contribution in [2.45, 2.75) is 52.5 Å². The van der Waals surface area contributed by atoms with Gasteiger partial charge in [0.1, 0.15) is 11.7 Å². The Balaban J connectivity index is 1.64. The van der Waals surface area contributed by atoms with Gasteiger partial charge in [-0.05, 0) is 38.5 Å². The second-order valence-electron chi connectivity index (χ2n) is 8.75. The summed E-state index contributed by atoms with van der Waals surface area (Å²) in [6.07, 6.45) is 2.90. The zero-order valence-corrected chi connectivity index (χ0v) is 19.0. The summed E-state index contributed by atoms with van der Waals surface area (Å²) in [6.45, 7) is 6.61. The average molecular weight is 432 g/mol. The molecule has 4 rings (SSSR count). The number of carbonyl (C=O) groups is 1. The molecule has 2 heterocycles. The highest BCUT2D eigenvalue weighted by atomic mass is 16.3. The van der Waals surface area contributed by atoms with Crippen molar-refractivity contribution in [2.75, 3.05) is 11.9 Å². The Kier molecular flexibility index (Phi) is 6.49. The van der Waals surface area contributed by atoms with Gasteiger partial charge in [-0.3, -0.25) is 4.79 Å². The first-order valence-electron chi connectivity index (χ1n) is 11.4. The molecule has 1 amide bonds. The van der Waals surface area contributed by atoms with Crippen LogP contribution in [0.5, 0.6) is 0 Å². The summed E-state index contributed by atoms with van der Waals surface area (Å²) in [5.41, 5.74) is 4.98. The van der Waals surface area contributed by atoms with Crippen molar-refractivity contribution >= 4 is 11.7 Å². The van der Waals surface area contributed by atoms with Crippen molar-refractivity contribution in [3.05, 3.63) is 81.9 Å². The SMILES string of the molecule is CCCC[C@H]1c2c(C)nn(-c3ccccc3)c2NC(=O)[C@H]1C[N+](=O)Cc1cccc(C)c1. The Bertz CT molecular complexity index is 1120. The van der Waals surface area contributed by atoms with Crippen molar-refractivity contribution in [1.29, 1.82) is 0 Å². The summed E-state index contributed by atoms with van der Waals surface area (Å²) >= 11 is 0. The van der Waals surface area contributed by atoms with Crippen molar-refractivity contribution in [1.82, 2.24) is 9.78 Å². The van der Waals surface area contributed by atoms with Gasteiger partial charge in [-0.15, -0.1) is 0 Å². The van der Waals surface area contributed by atoms with Gasteiger partial charge in [0.2, 0.25) is 19.0 Å². The van der Waals surface area contributed by atoms with Crippen LogP contribution in [0.1, 0.15) is 54.5 Å². The van der Waals surface area contributed by atoms with Crippen LogP contribution >= 0.6 is 0 Å². The molecule has 1 N–H and O–H groups in total. The van der Waals surface area contributed by atoms with E-state index in [1.54, 1.807) is 0 Å². The number of para-hydroxylation sites is 1. The number of unbranched alkanes of at least 4 members (excludes halogenated alkanes) is 1. The van der Waals surface area contributed by atoms with Crippen LogP contribution in [0.3, 0.4) is 0 Å². The molecule has 6 nitrogen and oxygen atoms in total. The molecule has 0 fully saturated rings. The van der Waals surface area contributed by atoms with Crippen LogP contribution in [-0.2, 0) is 11.3 Å². The molecule has 6 heteroatoms. The van der Waals surface area contributed by atoms with Crippen LogP contribution < -0.4 is 5.32 Å². The van der Waals surface area contributed by atoms with Gasteiger partial charge in [0, 0.05) is 26.7 Å². The van der Waals surface area contributed by atoms with E-state index in [-0.39, 0.29) is 24.9 Å². The molecule has 32 heavy (non-hydrogen) atoms. The van der Waals surface area contributed by atoms with Crippen molar-refractivity contribution in [3.8, 4) is 5.69 Å². The zero-order valence-electron chi connectivity index (χ0n) is 19.0. The third-order valence-corrected chi connectivity index (χ3v) is 6.25. The third kappa shape index (κ3) is 4.49. The van der Waals surface area contributed by atoms with Crippen LogP contribution in [0.2, 0.25) is 0 Å². The first kappa shape index (κ1) is 21.9. The van der Waals surface area contributed by atoms with Crippen molar-refractivity contribution < 1.29 is 9.55 Å². The molecule has 0 saturated heterocycles. The van der Waals surface area contributed by atoms with Crippen LogP contribution in [0, 0.1) is 24.7 Å². The van der Waals surface area contributed by atoms with Gasteiger partial charge in [0.15, 0.2) is 0 Å². The summed E-state index contributed by atoms with van der Waals surface area (Å²) in [4.78, 5) is 26.1. The van der Waals surface area contributed by atoms with E-state index >= 15 is 0 Å². The van der Waals surface area contributed by atoms with Crippen LogP contribution in [0.25, 0.3) is 5.69 Å². The van der Waals surface area contributed by atoms with E-state index in [2.05, 4.69) is 12.2 Å². The summed E-state index contributed by atoms with van der Waals surface area (Å²) in [5, 5.41) is 7.84. The van der Waals surface area contributed by atoms with Crippen LogP contribution in [0.4, 0.5) is 5.82 Å². The molecule has 2 aromatic carbocycles. The molecule has 2 atom stereocenters. The summed E-state index contributed by atoms with van der Waals surface area (Å²) in [7, 11) is 0. The largest absolute Gasteiger partial charge is 0.310 e. The Morgan fingerprint density at radius 1 is 1.06 bits per heavy atom. The number of hydrogen-bond donors (Lipinski definition) is 1. The highest BCUT2D eigenvalue weighted by molar-refractivity contribution is 5.96. The average Bonchev–Trinajstić information content (AvgIpc) is 3.10. The standard InChI is InChI=1S/C26H30N4O2/c1-4-5-14-22-23(17-29(32)16-20-11-9-10-18(2)15-20)26(31)27-25-24(22)19(3)28-30(25)21-12-7-6-8-13-21/h6-13,15,22-23H,4-5,14,16-17H2,1-3H3/p+1/t22-,23+/m1/s1. The van der Waals surface area contributed by atoms with E-state index in [1.165, 1.54) is 0 Å². The van der Waals surface area contributed by atoms with E-state index in [0.29, 0.717) is 0 Å². The number of anilines is 1. The number of carbonyl (C=O) groups excluding carboxylic acids is 1. The van der Waals surface area contributed by atoms with Gasteiger partial charge >= 0.3 is 0 Å². The number of aryl methyl sites for hydroxylation is 2. The van der Waals surface area contributed by atoms with Gasteiger partial charge in [0.25, 0.3) is 0 Å². The quantitative estimate of drug-likeness (QED) is 0.492. The van der Waals surface area contributed by atoms with Crippen LogP contribution in [0.15, 0.2) is 54.6 Å². The lowest BCUT2D eigenvalue weighted by molar-refractivity contribution is -0.569. The Morgan fingerprint density at radius 3 is 2.56 bits per heavy atom. The maximum Gasteiger partial charge on any atom is 0.235 e. The molecule has 0 unspecified atom stereocenters. The monoisotopic (exact) mass is 431 g/mol. The molecule has 0 spiro atoms. The second kappa shape index (κ2) is 9.47. The fourth-order valence-electron chi connectivity index (χ4n) is 4.73. The van der Waals surface area contributed by atoms with E-state index in [0.717, 1.165) is 57.9 Å². The maximum absolute atomic E-state index is 13.2. The highest BCUT2D eigenvalue weighted by Crippen LogP contribution is 2.42. The van der Waals surface area contributed by atoms with Gasteiger partial charge in [0.05, 0.1) is 11.4 Å². The molecule has 166 valence electrons. The number of rotatable bonds is 8. The van der Waals surface area contributed by atoms with Gasteiger partial charge in [-0.1, -0.05) is 61.7 Å². The third-order valence-electron chi connectivity index (χ3n) is 6.25. The molecule has 1 aliphatic heterocycles. The zero-order chi connectivity index (χ0) is 22.7. The van der Waals surface area contributed by atoms with E-state index in [9.17, 15) is 9.70 Å². The molecule has 0 aliphatic carbocycles. The van der Waals surface area contributed by atoms with Gasteiger partial charge < -0.3 is 5.32 Å². The number of hydrogen-bond acceptors (Lipinski definition) is 3. The van der Waals surface area contributed by atoms with E-state index in [1.807, 2.05) is 73.1 Å². The Hall–Kier alpha value is -3.28. The predicted molar refractivity (Wildman–Crippen MR) is 126 cm³/mol. The first-order valence-corrected chi connectivity index (χ1v) is 11.4. The number of fused-ring (bicyclic) bond motifs is 1. The molecular formula is C26H31N4O2+. The number of nitroso groups, excluding NO2 is 1. The molecule has 1 aliphatic rings. The van der Waals surface area contributed by atoms with Crippen molar-refractivity contribution in [3.63, 3.8) is 0 Å². The van der Waals surface area contributed by atoms with E-state index in [4.69, 9.17) is 5.10 Å². The van der Waals surface area contributed by atoms with E-state index < -0.39 is 5.92 Å². The first-order chi connectivity index (χ1) is 15.5. The Morgan fingerprint density at radius 2 is 1.84 bits per heavy atom. The van der Waals surface area contributed by atoms with Crippen molar-refractivity contribution in [2.24, 2.45) is 5.92 Å². The maximum atomic E-state index is 13.2. The molecule has 0 radical (unpaired) electrons. The lowest BCUT2D eigenvalue weighted by Crippen LogP contribution is -2.39. The lowest BCUT2D eigenvalue weighted by atomic mass is 9.79. The number of nitrogens with one attached hydrogen (secondary N) is 1. The van der Waals surface area contributed by atoms with Crippen LogP contribution in [-0.4, -0.2) is 27.0 Å². The summed E-state index contributed by atoms with van der Waals surface area (Å²) in [6, 6.07) is 17.8. The number of amides is 1. The number of nitrogens with zero attached hydrogens (tertiary/aromatic N) is 3. The molecule has 1 aromatic heterocycles. The topological polar surface area (TPSA) is 67.0 Å². The molecule has 3 aromatic rings. The molecule has 0 bridgehead atoms. The normalized spacial score (nSPS) is 17.7. The highest BCUT2D eigenvalue weighted by Gasteiger charge is 2.42. The minimum absolute atomic E-state index is 0.0230. The van der Waals surface area contributed by atoms with Gasteiger partial charge in [-0.2, -0.15) is 5.10 Å². The molecular weight excluding hydrogens is 400 g/mol.